The van der Waals surface area contributed by atoms with Gasteiger partial charge in [0.05, 0.1) is 11.6 Å². The summed E-state index contributed by atoms with van der Waals surface area (Å²) in [6.45, 7) is 10.8. The van der Waals surface area contributed by atoms with Gasteiger partial charge in [0, 0.05) is 31.9 Å². The van der Waals surface area contributed by atoms with E-state index in [0.717, 1.165) is 13.1 Å². The second-order valence-electron chi connectivity index (χ2n) is 7.42. The van der Waals surface area contributed by atoms with E-state index in [1.54, 1.807) is 19.9 Å². The quantitative estimate of drug-likeness (QED) is 0.741. The average molecular weight is 416 g/mol. The molecule has 1 N–H and O–H groups in total. The van der Waals surface area contributed by atoms with E-state index in [0.29, 0.717) is 37.2 Å². The summed E-state index contributed by atoms with van der Waals surface area (Å²) in [6, 6.07) is 4.58. The van der Waals surface area contributed by atoms with E-state index in [9.17, 15) is 13.2 Å². The summed E-state index contributed by atoms with van der Waals surface area (Å²) >= 11 is 6.14. The molecule has 0 saturated carbocycles. The number of anilines is 1. The van der Waals surface area contributed by atoms with Crippen LogP contribution in [0.5, 0.6) is 0 Å². The summed E-state index contributed by atoms with van der Waals surface area (Å²) in [5.74, 6) is 0.996. The van der Waals surface area contributed by atoms with Crippen molar-refractivity contribution in [3.8, 4) is 0 Å². The number of hydrogen-bond donors (Lipinski definition) is 1. The predicted octanol–water partition coefficient (Wildman–Crippen LogP) is 3.29. The minimum Gasteiger partial charge on any atom is -0.325 e. The number of rotatable bonds is 7. The maximum atomic E-state index is 12.8. The topological polar surface area (TPSA) is 69.7 Å². The molecule has 152 valence electrons. The fraction of sp³-hybridized carbons (Fsp3) is 0.632. The molecule has 27 heavy (non-hydrogen) atoms. The molecule has 1 aliphatic heterocycles. The molecular weight excluding hydrogens is 386 g/mol. The molecule has 0 bridgehead atoms. The number of amides is 1. The average Bonchev–Trinajstić information content (AvgIpc) is 2.56. The summed E-state index contributed by atoms with van der Waals surface area (Å²) in [6.07, 6.45) is 1.18. The van der Waals surface area contributed by atoms with Crippen LogP contribution in [0.15, 0.2) is 23.1 Å². The number of benzene rings is 1. The minimum atomic E-state index is -3.69. The van der Waals surface area contributed by atoms with Gasteiger partial charge in [-0.15, -0.1) is 0 Å². The molecule has 2 atom stereocenters. The lowest BCUT2D eigenvalue weighted by molar-refractivity contribution is -0.117. The number of hydrogen-bond acceptors (Lipinski definition) is 4. The number of nitrogens with one attached hydrogen (secondary N) is 1. The smallest absolute Gasteiger partial charge is 0.244 e. The fourth-order valence-electron chi connectivity index (χ4n) is 3.81. The lowest BCUT2D eigenvalue weighted by atomic mass is 9.92. The van der Waals surface area contributed by atoms with Crippen molar-refractivity contribution in [2.45, 2.75) is 39.0 Å². The second-order valence-corrected chi connectivity index (χ2v) is 9.74. The molecule has 1 aromatic rings. The van der Waals surface area contributed by atoms with Gasteiger partial charge in [0.15, 0.2) is 0 Å². The lowest BCUT2D eigenvalue weighted by Gasteiger charge is -2.34. The molecular formula is C19H30ClN3O3S. The highest BCUT2D eigenvalue weighted by molar-refractivity contribution is 7.89. The standard InChI is InChI=1S/C19H30ClN3O3S/c1-5-23(6-2)27(25,26)18-10-16(7-8-17(18)20)21-19(24)13-22-11-14(3)9-15(4)12-22/h7-8,10,14-15H,5-6,9,11-13H2,1-4H3,(H,21,24)/t14-,15-/m0/s1. The van der Waals surface area contributed by atoms with Crippen molar-refractivity contribution in [3.05, 3.63) is 23.2 Å². The molecule has 1 amide bonds. The maximum absolute atomic E-state index is 12.8. The second kappa shape index (κ2) is 9.37. The van der Waals surface area contributed by atoms with E-state index in [-0.39, 0.29) is 15.8 Å². The Bertz CT molecular complexity index is 755. The molecule has 0 unspecified atom stereocenters. The largest absolute Gasteiger partial charge is 0.325 e. The van der Waals surface area contributed by atoms with Crippen LogP contribution in [0.1, 0.15) is 34.1 Å². The van der Waals surface area contributed by atoms with Gasteiger partial charge in [-0.3, -0.25) is 9.69 Å². The number of likely N-dealkylation sites (tertiary alicyclic amines) is 1. The molecule has 1 saturated heterocycles. The van der Waals surface area contributed by atoms with Crippen LogP contribution in [-0.4, -0.2) is 56.3 Å². The van der Waals surface area contributed by atoms with E-state index in [1.807, 2.05) is 0 Å². The van der Waals surface area contributed by atoms with Gasteiger partial charge in [0.25, 0.3) is 0 Å². The molecule has 6 nitrogen and oxygen atoms in total. The SMILES string of the molecule is CCN(CC)S(=O)(=O)c1cc(NC(=O)CN2C[C@@H](C)C[C@H](C)C2)ccc1Cl. The van der Waals surface area contributed by atoms with Gasteiger partial charge >= 0.3 is 0 Å². The zero-order valence-corrected chi connectivity index (χ0v) is 18.1. The Balaban J connectivity index is 2.12. The Morgan fingerprint density at radius 3 is 2.37 bits per heavy atom. The summed E-state index contributed by atoms with van der Waals surface area (Å²) in [5, 5.41) is 2.96. The first kappa shape index (κ1) is 22.1. The van der Waals surface area contributed by atoms with Gasteiger partial charge < -0.3 is 5.32 Å². The molecule has 1 heterocycles. The van der Waals surface area contributed by atoms with Crippen LogP contribution >= 0.6 is 11.6 Å². The third-order valence-corrected chi connectivity index (χ3v) is 7.38. The molecule has 1 fully saturated rings. The monoisotopic (exact) mass is 415 g/mol. The van der Waals surface area contributed by atoms with E-state index in [4.69, 9.17) is 11.6 Å². The van der Waals surface area contributed by atoms with Crippen molar-refractivity contribution >= 4 is 33.2 Å². The molecule has 1 aromatic carbocycles. The van der Waals surface area contributed by atoms with Crippen LogP contribution in [0.3, 0.4) is 0 Å². The minimum absolute atomic E-state index is 0.0193. The first-order chi connectivity index (χ1) is 12.7. The predicted molar refractivity (Wildman–Crippen MR) is 110 cm³/mol. The number of carbonyl (C=O) groups is 1. The molecule has 2 rings (SSSR count). The summed E-state index contributed by atoms with van der Waals surface area (Å²) < 4.78 is 26.9. The lowest BCUT2D eigenvalue weighted by Crippen LogP contribution is -2.42. The Labute approximate surface area is 167 Å². The zero-order valence-electron chi connectivity index (χ0n) is 16.5. The fourth-order valence-corrected chi connectivity index (χ4v) is 5.76. The maximum Gasteiger partial charge on any atom is 0.244 e. The molecule has 0 radical (unpaired) electrons. The number of nitrogens with zero attached hydrogens (tertiary/aromatic N) is 2. The van der Waals surface area contributed by atoms with Crippen LogP contribution in [0.25, 0.3) is 0 Å². The highest BCUT2D eigenvalue weighted by Gasteiger charge is 2.26. The number of carbonyl (C=O) groups excluding carboxylic acids is 1. The molecule has 0 aliphatic carbocycles. The Hall–Kier alpha value is -1.15. The summed E-state index contributed by atoms with van der Waals surface area (Å²) in [4.78, 5) is 14.6. The number of piperidine rings is 1. The molecule has 1 aliphatic rings. The number of halogens is 1. The Morgan fingerprint density at radius 1 is 1.22 bits per heavy atom. The van der Waals surface area contributed by atoms with Crippen molar-refractivity contribution in [3.63, 3.8) is 0 Å². The van der Waals surface area contributed by atoms with E-state index < -0.39 is 10.0 Å². The first-order valence-electron chi connectivity index (χ1n) is 9.49. The van der Waals surface area contributed by atoms with Crippen LogP contribution in [0.4, 0.5) is 5.69 Å². The van der Waals surface area contributed by atoms with Crippen LogP contribution < -0.4 is 5.32 Å². The van der Waals surface area contributed by atoms with Crippen LogP contribution in [0, 0.1) is 11.8 Å². The molecule has 0 aromatic heterocycles. The van der Waals surface area contributed by atoms with Gasteiger partial charge in [-0.05, 0) is 36.5 Å². The van der Waals surface area contributed by atoms with Gasteiger partial charge in [-0.1, -0.05) is 39.3 Å². The van der Waals surface area contributed by atoms with Crippen molar-refractivity contribution in [2.75, 3.05) is 38.0 Å². The van der Waals surface area contributed by atoms with Crippen LogP contribution in [-0.2, 0) is 14.8 Å². The third-order valence-electron chi connectivity index (χ3n) is 4.85. The van der Waals surface area contributed by atoms with Gasteiger partial charge in [0.2, 0.25) is 15.9 Å². The third kappa shape index (κ3) is 5.67. The Kier molecular flexibility index (Phi) is 7.68. The van der Waals surface area contributed by atoms with Crippen molar-refractivity contribution < 1.29 is 13.2 Å². The van der Waals surface area contributed by atoms with Gasteiger partial charge in [0.1, 0.15) is 4.90 Å². The molecule has 8 heteroatoms. The first-order valence-corrected chi connectivity index (χ1v) is 11.3. The summed E-state index contributed by atoms with van der Waals surface area (Å²) in [7, 11) is -3.69. The highest BCUT2D eigenvalue weighted by atomic mass is 35.5. The highest BCUT2D eigenvalue weighted by Crippen LogP contribution is 2.28. The Morgan fingerprint density at radius 2 is 1.81 bits per heavy atom. The van der Waals surface area contributed by atoms with E-state index in [2.05, 4.69) is 24.1 Å². The van der Waals surface area contributed by atoms with Crippen molar-refractivity contribution in [1.29, 1.82) is 0 Å². The van der Waals surface area contributed by atoms with Gasteiger partial charge in [-0.2, -0.15) is 4.31 Å². The summed E-state index contributed by atoms with van der Waals surface area (Å²) in [5.41, 5.74) is 0.438. The normalized spacial score (nSPS) is 21.4. The molecule has 0 spiro atoms. The number of sulfonamides is 1. The van der Waals surface area contributed by atoms with Gasteiger partial charge in [-0.25, -0.2) is 8.42 Å². The van der Waals surface area contributed by atoms with E-state index >= 15 is 0 Å². The zero-order chi connectivity index (χ0) is 20.2. The van der Waals surface area contributed by atoms with E-state index in [1.165, 1.54) is 22.9 Å². The van der Waals surface area contributed by atoms with Crippen LogP contribution in [0.2, 0.25) is 5.02 Å². The van der Waals surface area contributed by atoms with Crippen molar-refractivity contribution in [2.24, 2.45) is 11.8 Å². The van der Waals surface area contributed by atoms with Crippen molar-refractivity contribution in [1.82, 2.24) is 9.21 Å².